The topological polar surface area (TPSA) is 70.1 Å². The molecule has 0 aromatic heterocycles. The van der Waals surface area contributed by atoms with Crippen LogP contribution < -0.4 is 9.80 Å². The predicted octanol–water partition coefficient (Wildman–Crippen LogP) is 5.35. The summed E-state index contributed by atoms with van der Waals surface area (Å²) in [6.45, 7) is 5.53. The molecule has 6 heteroatoms. The van der Waals surface area contributed by atoms with Gasteiger partial charge in [-0.3, -0.25) is 9.80 Å². The van der Waals surface area contributed by atoms with Gasteiger partial charge in [0.2, 0.25) is 0 Å². The number of terminal acetylenes is 1. The Morgan fingerprint density at radius 1 is 1.00 bits per heavy atom. The summed E-state index contributed by atoms with van der Waals surface area (Å²) in [4.78, 5) is 26.0. The van der Waals surface area contributed by atoms with Gasteiger partial charge in [-0.1, -0.05) is 42.3 Å². The molecule has 0 saturated heterocycles. The highest BCUT2D eigenvalue weighted by atomic mass is 16.6. The molecule has 0 aliphatic carbocycles. The standard InChI is InChI=1S/C24H26N2O4/c1-6-17-26(23(29)30-24(2,3)4)21-15-11-19(12-16-21)8-7-18-9-13-20(14-10-18)25(5)22(27)28/h1,7-16H,17H2,2-5H3,(H,27,28)/b8-7+. The second-order valence-corrected chi connectivity index (χ2v) is 7.63. The van der Waals surface area contributed by atoms with Crippen LogP contribution in [0.5, 0.6) is 0 Å². The molecule has 0 aliphatic heterocycles. The van der Waals surface area contributed by atoms with Crippen molar-refractivity contribution < 1.29 is 19.4 Å². The zero-order valence-corrected chi connectivity index (χ0v) is 17.6. The first-order valence-electron chi connectivity index (χ1n) is 9.39. The number of carboxylic acid groups (broad SMARTS) is 1. The highest BCUT2D eigenvalue weighted by Gasteiger charge is 2.22. The first kappa shape index (κ1) is 22.6. The van der Waals surface area contributed by atoms with E-state index >= 15 is 0 Å². The molecule has 0 fully saturated rings. The van der Waals surface area contributed by atoms with Crippen molar-refractivity contribution in [2.45, 2.75) is 26.4 Å². The van der Waals surface area contributed by atoms with Gasteiger partial charge in [-0.2, -0.15) is 0 Å². The van der Waals surface area contributed by atoms with Crippen LogP contribution >= 0.6 is 0 Å². The van der Waals surface area contributed by atoms with Gasteiger partial charge in [0.15, 0.2) is 0 Å². The number of ether oxygens (including phenoxy) is 1. The molecule has 2 aromatic rings. The Morgan fingerprint density at radius 2 is 1.47 bits per heavy atom. The second-order valence-electron chi connectivity index (χ2n) is 7.63. The van der Waals surface area contributed by atoms with Gasteiger partial charge in [-0.15, -0.1) is 6.42 Å². The second kappa shape index (κ2) is 9.66. The Bertz CT molecular complexity index is 949. The van der Waals surface area contributed by atoms with Crippen LogP contribution in [0, 0.1) is 12.3 Å². The van der Waals surface area contributed by atoms with Gasteiger partial charge in [0.25, 0.3) is 0 Å². The van der Waals surface area contributed by atoms with Gasteiger partial charge in [-0.25, -0.2) is 9.59 Å². The summed E-state index contributed by atoms with van der Waals surface area (Å²) in [5, 5.41) is 9.01. The summed E-state index contributed by atoms with van der Waals surface area (Å²) in [5.74, 6) is 2.48. The molecular formula is C24H26N2O4. The fourth-order valence-electron chi connectivity index (χ4n) is 2.55. The van der Waals surface area contributed by atoms with Gasteiger partial charge in [0.1, 0.15) is 5.60 Å². The maximum absolute atomic E-state index is 12.4. The molecule has 30 heavy (non-hydrogen) atoms. The Hall–Kier alpha value is -3.72. The van der Waals surface area contributed by atoms with E-state index in [-0.39, 0.29) is 6.54 Å². The van der Waals surface area contributed by atoms with E-state index in [4.69, 9.17) is 16.3 Å². The lowest BCUT2D eigenvalue weighted by Gasteiger charge is -2.26. The summed E-state index contributed by atoms with van der Waals surface area (Å²) < 4.78 is 5.42. The van der Waals surface area contributed by atoms with Crippen LogP contribution in [0.1, 0.15) is 31.9 Å². The molecular weight excluding hydrogens is 380 g/mol. The summed E-state index contributed by atoms with van der Waals surface area (Å²) in [6, 6.07) is 14.6. The number of rotatable bonds is 5. The van der Waals surface area contributed by atoms with Gasteiger partial charge in [-0.05, 0) is 56.2 Å². The number of benzene rings is 2. The molecule has 0 atom stereocenters. The molecule has 2 rings (SSSR count). The van der Waals surface area contributed by atoms with Gasteiger partial charge >= 0.3 is 12.2 Å². The van der Waals surface area contributed by atoms with E-state index < -0.39 is 17.8 Å². The van der Waals surface area contributed by atoms with Crippen molar-refractivity contribution in [3.8, 4) is 12.3 Å². The van der Waals surface area contributed by atoms with Crippen molar-refractivity contribution in [3.05, 3.63) is 59.7 Å². The summed E-state index contributed by atoms with van der Waals surface area (Å²) >= 11 is 0. The Morgan fingerprint density at radius 3 is 1.87 bits per heavy atom. The highest BCUT2D eigenvalue weighted by Crippen LogP contribution is 2.20. The minimum atomic E-state index is -1.01. The normalized spacial score (nSPS) is 11.0. The number of carbonyl (C=O) groups is 2. The third-order valence-corrected chi connectivity index (χ3v) is 4.10. The third-order valence-electron chi connectivity index (χ3n) is 4.10. The van der Waals surface area contributed by atoms with E-state index in [0.717, 1.165) is 16.0 Å². The maximum Gasteiger partial charge on any atom is 0.415 e. The zero-order chi connectivity index (χ0) is 22.3. The molecule has 6 nitrogen and oxygen atoms in total. The van der Waals surface area contributed by atoms with Crippen LogP contribution in [0.25, 0.3) is 12.2 Å². The molecule has 0 heterocycles. The van der Waals surface area contributed by atoms with Crippen LogP contribution in [0.3, 0.4) is 0 Å². The average Bonchev–Trinajstić information content (AvgIpc) is 2.69. The van der Waals surface area contributed by atoms with E-state index in [1.54, 1.807) is 32.9 Å². The van der Waals surface area contributed by atoms with Crippen LogP contribution in [0.15, 0.2) is 48.5 Å². The predicted molar refractivity (Wildman–Crippen MR) is 121 cm³/mol. The fourth-order valence-corrected chi connectivity index (χ4v) is 2.55. The molecule has 156 valence electrons. The Balaban J connectivity index is 2.11. The molecule has 2 amide bonds. The van der Waals surface area contributed by atoms with Crippen molar-refractivity contribution in [3.63, 3.8) is 0 Å². The van der Waals surface area contributed by atoms with E-state index in [0.29, 0.717) is 11.4 Å². The molecule has 1 N–H and O–H groups in total. The van der Waals surface area contributed by atoms with Crippen LogP contribution in [-0.2, 0) is 4.74 Å². The smallest absolute Gasteiger partial charge is 0.415 e. The molecule has 0 spiro atoms. The maximum atomic E-state index is 12.4. The van der Waals surface area contributed by atoms with Crippen LogP contribution in [0.2, 0.25) is 0 Å². The summed E-state index contributed by atoms with van der Waals surface area (Å²) in [5.41, 5.74) is 2.52. The van der Waals surface area contributed by atoms with Crippen molar-refractivity contribution in [1.29, 1.82) is 0 Å². The number of hydrogen-bond donors (Lipinski definition) is 1. The van der Waals surface area contributed by atoms with E-state index in [1.165, 1.54) is 11.9 Å². The van der Waals surface area contributed by atoms with E-state index in [2.05, 4.69) is 5.92 Å². The van der Waals surface area contributed by atoms with E-state index in [9.17, 15) is 9.59 Å². The Labute approximate surface area is 177 Å². The molecule has 0 radical (unpaired) electrons. The minimum Gasteiger partial charge on any atom is -0.465 e. The van der Waals surface area contributed by atoms with E-state index in [1.807, 2.05) is 48.6 Å². The molecule has 0 saturated carbocycles. The van der Waals surface area contributed by atoms with Crippen LogP contribution in [-0.4, -0.2) is 36.5 Å². The monoisotopic (exact) mass is 406 g/mol. The van der Waals surface area contributed by atoms with Gasteiger partial charge < -0.3 is 9.84 Å². The number of carbonyl (C=O) groups excluding carboxylic acids is 1. The van der Waals surface area contributed by atoms with Gasteiger partial charge in [0, 0.05) is 18.4 Å². The fraction of sp³-hybridized carbons (Fsp3) is 0.250. The molecule has 0 aliphatic rings. The number of nitrogens with zero attached hydrogens (tertiary/aromatic N) is 2. The largest absolute Gasteiger partial charge is 0.465 e. The summed E-state index contributed by atoms with van der Waals surface area (Å²) in [6.07, 6.45) is 7.76. The van der Waals surface area contributed by atoms with Crippen LogP contribution in [0.4, 0.5) is 21.0 Å². The highest BCUT2D eigenvalue weighted by molar-refractivity contribution is 5.89. The summed E-state index contributed by atoms with van der Waals surface area (Å²) in [7, 11) is 1.50. The van der Waals surface area contributed by atoms with Crippen molar-refractivity contribution >= 4 is 35.7 Å². The lowest BCUT2D eigenvalue weighted by Crippen LogP contribution is -2.37. The quantitative estimate of drug-likeness (QED) is 0.537. The van der Waals surface area contributed by atoms with Crippen molar-refractivity contribution in [2.24, 2.45) is 0 Å². The number of amides is 2. The molecule has 2 aromatic carbocycles. The average molecular weight is 406 g/mol. The lowest BCUT2D eigenvalue weighted by atomic mass is 10.1. The first-order valence-corrected chi connectivity index (χ1v) is 9.39. The minimum absolute atomic E-state index is 0.112. The SMILES string of the molecule is C#CCN(C(=O)OC(C)(C)C)c1ccc(/C=C/c2ccc(N(C)C(=O)O)cc2)cc1. The zero-order valence-electron chi connectivity index (χ0n) is 17.6. The third kappa shape index (κ3) is 6.42. The van der Waals surface area contributed by atoms with Crippen molar-refractivity contribution in [1.82, 2.24) is 0 Å². The lowest BCUT2D eigenvalue weighted by molar-refractivity contribution is 0.0585. The number of hydrogen-bond acceptors (Lipinski definition) is 3. The number of anilines is 2. The van der Waals surface area contributed by atoms with Crippen molar-refractivity contribution in [2.75, 3.05) is 23.4 Å². The van der Waals surface area contributed by atoms with Gasteiger partial charge in [0.05, 0.1) is 6.54 Å². The molecule has 0 bridgehead atoms. The molecule has 0 unspecified atom stereocenters. The Kier molecular flexibility index (Phi) is 7.27. The first-order chi connectivity index (χ1) is 14.1.